The van der Waals surface area contributed by atoms with Gasteiger partial charge in [0.25, 0.3) is 5.91 Å². The summed E-state index contributed by atoms with van der Waals surface area (Å²) < 4.78 is 5.54. The summed E-state index contributed by atoms with van der Waals surface area (Å²) in [7, 11) is 0. The Kier molecular flexibility index (Phi) is 5.76. The van der Waals surface area contributed by atoms with Gasteiger partial charge in [-0.15, -0.1) is 11.3 Å². The highest BCUT2D eigenvalue weighted by atomic mass is 35.5. The predicted octanol–water partition coefficient (Wildman–Crippen LogP) is 3.03. The number of hydrogen-bond acceptors (Lipinski definition) is 6. The normalized spacial score (nSPS) is 17.2. The molecule has 1 aromatic heterocycles. The summed E-state index contributed by atoms with van der Waals surface area (Å²) in [5.41, 5.74) is 1.12. The molecule has 0 saturated carbocycles. The van der Waals surface area contributed by atoms with Crippen LogP contribution in [0.15, 0.2) is 23.6 Å². The lowest BCUT2D eigenvalue weighted by Crippen LogP contribution is -2.48. The van der Waals surface area contributed by atoms with E-state index >= 15 is 0 Å². The van der Waals surface area contributed by atoms with Crippen LogP contribution in [-0.4, -0.2) is 48.1 Å². The molecule has 0 unspecified atom stereocenters. The molecule has 1 atom stereocenters. The first-order valence-corrected chi connectivity index (χ1v) is 9.16. The van der Waals surface area contributed by atoms with Crippen molar-refractivity contribution in [2.24, 2.45) is 0 Å². The zero-order valence-electron chi connectivity index (χ0n) is 13.0. The number of nitriles is 1. The quantitative estimate of drug-likeness (QED) is 0.634. The fourth-order valence-electron chi connectivity index (χ4n) is 2.51. The molecule has 1 amide bonds. The number of thiazole rings is 1. The van der Waals surface area contributed by atoms with Crippen molar-refractivity contribution in [2.75, 3.05) is 26.2 Å². The lowest BCUT2D eigenvalue weighted by atomic mass is 10.2. The second-order valence-electron chi connectivity index (χ2n) is 5.40. The third kappa shape index (κ3) is 4.22. The van der Waals surface area contributed by atoms with Gasteiger partial charge in [0.1, 0.15) is 10.7 Å². The van der Waals surface area contributed by atoms with Gasteiger partial charge in [0, 0.05) is 29.1 Å². The predicted molar refractivity (Wildman–Crippen MR) is 96.8 cm³/mol. The van der Waals surface area contributed by atoms with E-state index in [-0.39, 0.29) is 12.0 Å². The fourth-order valence-corrected chi connectivity index (χ4v) is 3.89. The second kappa shape index (κ2) is 8.02. The van der Waals surface area contributed by atoms with Gasteiger partial charge in [-0.3, -0.25) is 4.79 Å². The molecule has 2 heterocycles. The number of amides is 1. The van der Waals surface area contributed by atoms with Crippen LogP contribution in [0.1, 0.15) is 10.5 Å². The Morgan fingerprint density at radius 1 is 1.52 bits per heavy atom. The molecule has 2 aromatic rings. The van der Waals surface area contributed by atoms with E-state index in [9.17, 15) is 4.79 Å². The number of nitrogens with one attached hydrogen (secondary N) is 1. The van der Waals surface area contributed by atoms with E-state index in [1.807, 2.05) is 6.19 Å². The standard InChI is InChI=1S/C16H14Cl2N4O2S/c17-10-1-2-12(13(18)5-10)15-21-14(8-25-15)16(23)22-3-4-24-11(7-22)6-20-9-19/h1-2,5,8,11,20H,3-4,6-7H2/t11-/m0/s1. The SMILES string of the molecule is N#CNC[C@H]1CN(C(=O)c2csc(-c3ccc(Cl)cc3Cl)n2)CCO1. The number of carbonyl (C=O) groups excluding carboxylic acids is 1. The molecule has 0 radical (unpaired) electrons. The molecule has 3 rings (SSSR count). The van der Waals surface area contributed by atoms with E-state index in [1.165, 1.54) is 11.3 Å². The number of hydrogen-bond donors (Lipinski definition) is 1. The average Bonchev–Trinajstić information content (AvgIpc) is 3.09. The molecule has 0 spiro atoms. The first kappa shape index (κ1) is 18.0. The molecule has 130 valence electrons. The maximum atomic E-state index is 12.7. The van der Waals surface area contributed by atoms with Gasteiger partial charge in [-0.2, -0.15) is 5.26 Å². The van der Waals surface area contributed by atoms with Crippen molar-refractivity contribution in [3.8, 4) is 16.8 Å². The van der Waals surface area contributed by atoms with Crippen LogP contribution in [0, 0.1) is 11.5 Å². The van der Waals surface area contributed by atoms with Gasteiger partial charge in [0.2, 0.25) is 0 Å². The van der Waals surface area contributed by atoms with E-state index in [4.69, 9.17) is 33.2 Å². The van der Waals surface area contributed by atoms with Crippen LogP contribution in [-0.2, 0) is 4.74 Å². The van der Waals surface area contributed by atoms with Gasteiger partial charge in [-0.25, -0.2) is 4.98 Å². The fraction of sp³-hybridized carbons (Fsp3) is 0.312. The number of nitrogens with zero attached hydrogens (tertiary/aromatic N) is 3. The van der Waals surface area contributed by atoms with E-state index < -0.39 is 0 Å². The molecular weight excluding hydrogens is 383 g/mol. The maximum Gasteiger partial charge on any atom is 0.273 e. The van der Waals surface area contributed by atoms with Crippen molar-refractivity contribution < 1.29 is 9.53 Å². The molecule has 1 aliphatic heterocycles. The largest absolute Gasteiger partial charge is 0.373 e. The van der Waals surface area contributed by atoms with Crippen molar-refractivity contribution >= 4 is 40.4 Å². The Labute approximate surface area is 158 Å². The van der Waals surface area contributed by atoms with Crippen molar-refractivity contribution in [1.29, 1.82) is 5.26 Å². The minimum absolute atomic E-state index is 0.155. The molecule has 0 aliphatic carbocycles. The zero-order valence-corrected chi connectivity index (χ0v) is 15.4. The van der Waals surface area contributed by atoms with Gasteiger partial charge in [-0.1, -0.05) is 23.2 Å². The van der Waals surface area contributed by atoms with Crippen molar-refractivity contribution in [3.05, 3.63) is 39.3 Å². The lowest BCUT2D eigenvalue weighted by molar-refractivity contribution is -0.0190. The summed E-state index contributed by atoms with van der Waals surface area (Å²) in [5.74, 6) is -0.155. The number of rotatable bonds is 4. The number of benzene rings is 1. The zero-order chi connectivity index (χ0) is 17.8. The Balaban J connectivity index is 1.73. The van der Waals surface area contributed by atoms with E-state index in [0.717, 1.165) is 5.56 Å². The minimum atomic E-state index is -0.207. The van der Waals surface area contributed by atoms with Gasteiger partial charge >= 0.3 is 0 Å². The molecule has 1 fully saturated rings. The second-order valence-corrected chi connectivity index (χ2v) is 7.10. The highest BCUT2D eigenvalue weighted by Crippen LogP contribution is 2.32. The molecule has 6 nitrogen and oxygen atoms in total. The Morgan fingerprint density at radius 2 is 2.36 bits per heavy atom. The number of aromatic nitrogens is 1. The van der Waals surface area contributed by atoms with Crippen molar-refractivity contribution in [2.45, 2.75) is 6.10 Å². The summed E-state index contributed by atoms with van der Waals surface area (Å²) in [6.45, 7) is 1.73. The van der Waals surface area contributed by atoms with Crippen LogP contribution in [0.4, 0.5) is 0 Å². The number of morpholine rings is 1. The molecule has 1 aliphatic rings. The van der Waals surface area contributed by atoms with Crippen molar-refractivity contribution in [3.63, 3.8) is 0 Å². The third-order valence-corrected chi connectivity index (χ3v) is 5.14. The molecule has 1 saturated heterocycles. The monoisotopic (exact) mass is 396 g/mol. The maximum absolute atomic E-state index is 12.7. The Bertz CT molecular complexity index is 821. The molecule has 0 bridgehead atoms. The van der Waals surface area contributed by atoms with E-state index in [2.05, 4.69) is 10.3 Å². The summed E-state index contributed by atoms with van der Waals surface area (Å²) in [6, 6.07) is 5.17. The van der Waals surface area contributed by atoms with Crippen LogP contribution >= 0.6 is 34.5 Å². The highest BCUT2D eigenvalue weighted by Gasteiger charge is 2.26. The van der Waals surface area contributed by atoms with Crippen LogP contribution in [0.3, 0.4) is 0 Å². The topological polar surface area (TPSA) is 78.3 Å². The van der Waals surface area contributed by atoms with Gasteiger partial charge in [0.05, 0.1) is 24.3 Å². The number of ether oxygens (including phenoxy) is 1. The van der Waals surface area contributed by atoms with E-state index in [0.29, 0.717) is 47.0 Å². The van der Waals surface area contributed by atoms with Gasteiger partial charge in [-0.05, 0) is 18.2 Å². The molecule has 1 N–H and O–H groups in total. The van der Waals surface area contributed by atoms with Crippen LogP contribution < -0.4 is 5.32 Å². The molecule has 1 aromatic carbocycles. The van der Waals surface area contributed by atoms with E-state index in [1.54, 1.807) is 28.5 Å². The first-order chi connectivity index (χ1) is 12.1. The smallest absolute Gasteiger partial charge is 0.273 e. The van der Waals surface area contributed by atoms with Crippen LogP contribution in [0.5, 0.6) is 0 Å². The summed E-state index contributed by atoms with van der Waals surface area (Å²) >= 11 is 13.5. The summed E-state index contributed by atoms with van der Waals surface area (Å²) in [5, 5.41) is 14.6. The Hall–Kier alpha value is -1.85. The first-order valence-electron chi connectivity index (χ1n) is 7.52. The van der Waals surface area contributed by atoms with Gasteiger partial charge < -0.3 is 15.0 Å². The average molecular weight is 397 g/mol. The molecule has 9 heteroatoms. The van der Waals surface area contributed by atoms with Crippen LogP contribution in [0.25, 0.3) is 10.6 Å². The number of halogens is 2. The molecule has 25 heavy (non-hydrogen) atoms. The third-order valence-electron chi connectivity index (χ3n) is 3.72. The highest BCUT2D eigenvalue weighted by molar-refractivity contribution is 7.13. The lowest BCUT2D eigenvalue weighted by Gasteiger charge is -2.32. The van der Waals surface area contributed by atoms with Gasteiger partial charge in [0.15, 0.2) is 6.19 Å². The summed E-state index contributed by atoms with van der Waals surface area (Å²) in [4.78, 5) is 18.8. The summed E-state index contributed by atoms with van der Waals surface area (Å²) in [6.07, 6.45) is 1.65. The van der Waals surface area contributed by atoms with Crippen LogP contribution in [0.2, 0.25) is 10.0 Å². The minimum Gasteiger partial charge on any atom is -0.373 e. The number of carbonyl (C=O) groups is 1. The molecular formula is C16H14Cl2N4O2S. The Morgan fingerprint density at radius 3 is 3.12 bits per heavy atom. The van der Waals surface area contributed by atoms with Crippen molar-refractivity contribution in [1.82, 2.24) is 15.2 Å².